The first kappa shape index (κ1) is 10.3. The summed E-state index contributed by atoms with van der Waals surface area (Å²) < 4.78 is 0. The first-order valence-electron chi connectivity index (χ1n) is 4.36. The molecular formula is C11H13ClO. The van der Waals surface area contributed by atoms with Crippen LogP contribution in [0.3, 0.4) is 0 Å². The maximum Gasteiger partial charge on any atom is 0.163 e. The number of carbonyl (C=O) groups is 1. The fraction of sp³-hybridized carbons (Fsp3) is 0.364. The minimum absolute atomic E-state index is 0.187. The van der Waals surface area contributed by atoms with Gasteiger partial charge < -0.3 is 0 Å². The molecule has 0 aliphatic heterocycles. The number of halogens is 1. The van der Waals surface area contributed by atoms with E-state index in [-0.39, 0.29) is 5.78 Å². The molecule has 0 bridgehead atoms. The number of hydrogen-bond donors (Lipinski definition) is 0. The smallest absolute Gasteiger partial charge is 0.163 e. The summed E-state index contributed by atoms with van der Waals surface area (Å²) in [7, 11) is 0. The topological polar surface area (TPSA) is 17.1 Å². The van der Waals surface area contributed by atoms with Crippen molar-refractivity contribution in [3.63, 3.8) is 0 Å². The Balaban J connectivity index is 3.28. The van der Waals surface area contributed by atoms with E-state index in [0.717, 1.165) is 16.7 Å². The molecule has 0 N–H and O–H groups in total. The van der Waals surface area contributed by atoms with Crippen LogP contribution in [0.5, 0.6) is 0 Å². The van der Waals surface area contributed by atoms with Gasteiger partial charge in [0.1, 0.15) is 0 Å². The molecule has 0 spiro atoms. The van der Waals surface area contributed by atoms with Gasteiger partial charge in [0.2, 0.25) is 0 Å². The molecule has 13 heavy (non-hydrogen) atoms. The predicted molar refractivity (Wildman–Crippen MR) is 55.5 cm³/mol. The lowest BCUT2D eigenvalue weighted by Crippen LogP contribution is -2.02. The zero-order valence-electron chi connectivity index (χ0n) is 8.15. The van der Waals surface area contributed by atoms with Gasteiger partial charge in [0.05, 0.1) is 0 Å². The minimum Gasteiger partial charge on any atom is -0.294 e. The van der Waals surface area contributed by atoms with Gasteiger partial charge in [-0.05, 0) is 37.1 Å². The minimum atomic E-state index is 0.187. The second kappa shape index (κ2) is 3.93. The Morgan fingerprint density at radius 2 is 1.77 bits per heavy atom. The SMILES string of the molecule is CCC(=O)c1c(C)cc(Cl)cc1C. The lowest BCUT2D eigenvalue weighted by molar-refractivity contribution is 0.0987. The standard InChI is InChI=1S/C11H13ClO/c1-4-10(13)11-7(2)5-9(12)6-8(11)3/h5-6H,4H2,1-3H3. The summed E-state index contributed by atoms with van der Waals surface area (Å²) in [5.41, 5.74) is 2.76. The molecule has 0 atom stereocenters. The van der Waals surface area contributed by atoms with Gasteiger partial charge >= 0.3 is 0 Å². The summed E-state index contributed by atoms with van der Waals surface area (Å²) in [5.74, 6) is 0.187. The largest absolute Gasteiger partial charge is 0.294 e. The molecule has 0 saturated heterocycles. The molecular weight excluding hydrogens is 184 g/mol. The summed E-state index contributed by atoms with van der Waals surface area (Å²) in [6.45, 7) is 5.71. The van der Waals surface area contributed by atoms with Gasteiger partial charge in [-0.3, -0.25) is 4.79 Å². The number of hydrogen-bond acceptors (Lipinski definition) is 1. The van der Waals surface area contributed by atoms with E-state index in [2.05, 4.69) is 0 Å². The predicted octanol–water partition coefficient (Wildman–Crippen LogP) is 3.55. The van der Waals surface area contributed by atoms with Crippen LogP contribution in [0.2, 0.25) is 5.02 Å². The van der Waals surface area contributed by atoms with Crippen molar-refractivity contribution in [2.75, 3.05) is 0 Å². The van der Waals surface area contributed by atoms with Crippen LogP contribution in [-0.4, -0.2) is 5.78 Å². The van der Waals surface area contributed by atoms with E-state index < -0.39 is 0 Å². The molecule has 0 amide bonds. The third-order valence-corrected chi connectivity index (χ3v) is 2.32. The van der Waals surface area contributed by atoms with E-state index >= 15 is 0 Å². The molecule has 0 unspecified atom stereocenters. The Bertz CT molecular complexity index is 319. The molecule has 1 aromatic rings. The number of rotatable bonds is 2. The normalized spacial score (nSPS) is 10.2. The van der Waals surface area contributed by atoms with Gasteiger partial charge in [0.15, 0.2) is 5.78 Å². The highest BCUT2D eigenvalue weighted by Crippen LogP contribution is 2.21. The Morgan fingerprint density at radius 3 is 2.15 bits per heavy atom. The zero-order chi connectivity index (χ0) is 10.0. The number of benzene rings is 1. The van der Waals surface area contributed by atoms with Crippen molar-refractivity contribution >= 4 is 17.4 Å². The van der Waals surface area contributed by atoms with Crippen molar-refractivity contribution in [3.8, 4) is 0 Å². The lowest BCUT2D eigenvalue weighted by Gasteiger charge is -2.07. The van der Waals surface area contributed by atoms with E-state index in [9.17, 15) is 4.79 Å². The highest BCUT2D eigenvalue weighted by atomic mass is 35.5. The van der Waals surface area contributed by atoms with Crippen molar-refractivity contribution in [3.05, 3.63) is 33.8 Å². The average Bonchev–Trinajstić information content (AvgIpc) is 2.02. The van der Waals surface area contributed by atoms with E-state index in [4.69, 9.17) is 11.6 Å². The van der Waals surface area contributed by atoms with Crippen LogP contribution in [0.4, 0.5) is 0 Å². The van der Waals surface area contributed by atoms with Gasteiger partial charge in [-0.2, -0.15) is 0 Å². The summed E-state index contributed by atoms with van der Waals surface area (Å²) in [6.07, 6.45) is 0.545. The highest BCUT2D eigenvalue weighted by molar-refractivity contribution is 6.30. The van der Waals surface area contributed by atoms with E-state index in [0.29, 0.717) is 11.4 Å². The van der Waals surface area contributed by atoms with Crippen LogP contribution in [0.15, 0.2) is 12.1 Å². The van der Waals surface area contributed by atoms with E-state index in [1.807, 2.05) is 32.9 Å². The Kier molecular flexibility index (Phi) is 3.10. The summed E-state index contributed by atoms with van der Waals surface area (Å²) in [5, 5.41) is 0.697. The average molecular weight is 197 g/mol. The third kappa shape index (κ3) is 2.10. The number of ketones is 1. The summed E-state index contributed by atoms with van der Waals surface area (Å²) in [6, 6.07) is 3.66. The molecule has 0 aromatic heterocycles. The van der Waals surface area contributed by atoms with Gasteiger partial charge in [0, 0.05) is 17.0 Å². The first-order valence-corrected chi connectivity index (χ1v) is 4.74. The van der Waals surface area contributed by atoms with E-state index in [1.54, 1.807) is 0 Å². The van der Waals surface area contributed by atoms with Crippen LogP contribution >= 0.6 is 11.6 Å². The number of Topliss-reactive ketones (excluding diaryl/α,β-unsaturated/α-hetero) is 1. The van der Waals surface area contributed by atoms with Gasteiger partial charge in [-0.25, -0.2) is 0 Å². The Morgan fingerprint density at radius 1 is 1.31 bits per heavy atom. The summed E-state index contributed by atoms with van der Waals surface area (Å²) in [4.78, 5) is 11.5. The van der Waals surface area contributed by atoms with Crippen molar-refractivity contribution in [2.24, 2.45) is 0 Å². The number of carbonyl (C=O) groups excluding carboxylic acids is 1. The molecule has 1 rings (SSSR count). The van der Waals surface area contributed by atoms with Crippen molar-refractivity contribution < 1.29 is 4.79 Å². The van der Waals surface area contributed by atoms with Crippen molar-refractivity contribution in [2.45, 2.75) is 27.2 Å². The second-order valence-corrected chi connectivity index (χ2v) is 3.63. The second-order valence-electron chi connectivity index (χ2n) is 3.19. The molecule has 0 aliphatic carbocycles. The monoisotopic (exact) mass is 196 g/mol. The molecule has 0 radical (unpaired) electrons. The van der Waals surface area contributed by atoms with Crippen LogP contribution in [0.25, 0.3) is 0 Å². The van der Waals surface area contributed by atoms with Crippen molar-refractivity contribution in [1.82, 2.24) is 0 Å². The fourth-order valence-electron chi connectivity index (χ4n) is 1.53. The zero-order valence-corrected chi connectivity index (χ0v) is 8.90. The molecule has 1 nitrogen and oxygen atoms in total. The molecule has 0 aliphatic rings. The van der Waals surface area contributed by atoms with Crippen LogP contribution < -0.4 is 0 Å². The quantitative estimate of drug-likeness (QED) is 0.662. The highest BCUT2D eigenvalue weighted by Gasteiger charge is 2.10. The third-order valence-electron chi connectivity index (χ3n) is 2.10. The molecule has 0 heterocycles. The Hall–Kier alpha value is -0.820. The summed E-state index contributed by atoms with van der Waals surface area (Å²) >= 11 is 5.86. The van der Waals surface area contributed by atoms with Crippen LogP contribution in [-0.2, 0) is 0 Å². The molecule has 70 valence electrons. The molecule has 1 aromatic carbocycles. The van der Waals surface area contributed by atoms with Crippen LogP contribution in [0, 0.1) is 13.8 Å². The molecule has 0 fully saturated rings. The van der Waals surface area contributed by atoms with Crippen LogP contribution in [0.1, 0.15) is 34.8 Å². The fourth-order valence-corrected chi connectivity index (χ4v) is 1.85. The van der Waals surface area contributed by atoms with Crippen molar-refractivity contribution in [1.29, 1.82) is 0 Å². The maximum absolute atomic E-state index is 11.5. The first-order chi connectivity index (χ1) is 6.06. The van der Waals surface area contributed by atoms with E-state index in [1.165, 1.54) is 0 Å². The Labute approximate surface area is 83.7 Å². The molecule has 0 saturated carbocycles. The number of aryl methyl sites for hydroxylation is 2. The van der Waals surface area contributed by atoms with Gasteiger partial charge in [-0.1, -0.05) is 18.5 Å². The lowest BCUT2D eigenvalue weighted by atomic mass is 9.98. The van der Waals surface area contributed by atoms with Gasteiger partial charge in [-0.15, -0.1) is 0 Å². The maximum atomic E-state index is 11.5. The van der Waals surface area contributed by atoms with Gasteiger partial charge in [0.25, 0.3) is 0 Å². The molecule has 2 heteroatoms.